The van der Waals surface area contributed by atoms with E-state index in [0.717, 1.165) is 21.5 Å². The van der Waals surface area contributed by atoms with Gasteiger partial charge in [0.2, 0.25) is 0 Å². The Labute approximate surface area is 127 Å². The highest BCUT2D eigenvalue weighted by atomic mass is 79.9. The van der Waals surface area contributed by atoms with Crippen molar-refractivity contribution in [1.82, 2.24) is 0 Å². The summed E-state index contributed by atoms with van der Waals surface area (Å²) in [5, 5.41) is 12.2. The first-order chi connectivity index (χ1) is 9.62. The van der Waals surface area contributed by atoms with Gasteiger partial charge in [-0.3, -0.25) is 0 Å². The number of anilines is 1. The second-order valence-electron chi connectivity index (χ2n) is 4.49. The zero-order chi connectivity index (χ0) is 14.5. The zero-order valence-corrected chi connectivity index (χ0v) is 13.0. The number of aryl methyl sites for hydroxylation is 1. The fourth-order valence-electron chi connectivity index (χ4n) is 1.94. The Balaban J connectivity index is 2.13. The second-order valence-corrected chi connectivity index (χ2v) is 5.40. The Bertz CT molecular complexity index is 662. The average Bonchev–Trinajstić information content (AvgIpc) is 2.45. The summed E-state index contributed by atoms with van der Waals surface area (Å²) in [7, 11) is 1.65. The number of nitrogens with one attached hydrogen (secondary N) is 1. The summed E-state index contributed by atoms with van der Waals surface area (Å²) in [6.07, 6.45) is 0. The number of methoxy groups -OCH3 is 1. The number of hydrogen-bond acceptors (Lipinski definition) is 3. The molecule has 0 fully saturated rings. The minimum atomic E-state index is 0.690. The van der Waals surface area contributed by atoms with Gasteiger partial charge in [-0.05, 0) is 42.3 Å². The van der Waals surface area contributed by atoms with Crippen molar-refractivity contribution in [3.8, 4) is 11.8 Å². The summed E-state index contributed by atoms with van der Waals surface area (Å²) >= 11 is 3.46. The van der Waals surface area contributed by atoms with Gasteiger partial charge in [0.1, 0.15) is 5.75 Å². The fourth-order valence-corrected chi connectivity index (χ4v) is 2.42. The number of ether oxygens (including phenoxy) is 1. The summed E-state index contributed by atoms with van der Waals surface area (Å²) in [5.74, 6) is 0.804. The van der Waals surface area contributed by atoms with Crippen molar-refractivity contribution < 1.29 is 4.74 Å². The molecule has 0 heterocycles. The molecule has 0 radical (unpaired) electrons. The molecule has 2 rings (SSSR count). The molecule has 3 nitrogen and oxygen atoms in total. The molecule has 2 aromatic rings. The van der Waals surface area contributed by atoms with Crippen LogP contribution < -0.4 is 10.1 Å². The van der Waals surface area contributed by atoms with Crippen LogP contribution in [-0.4, -0.2) is 7.11 Å². The van der Waals surface area contributed by atoms with Gasteiger partial charge in [-0.1, -0.05) is 22.0 Å². The SMILES string of the molecule is COc1cc(Br)cc(NCc2ccc(C#N)cc2C)c1. The molecule has 0 unspecified atom stereocenters. The topological polar surface area (TPSA) is 45.0 Å². The predicted molar refractivity (Wildman–Crippen MR) is 83.9 cm³/mol. The summed E-state index contributed by atoms with van der Waals surface area (Å²) in [6.45, 7) is 2.72. The van der Waals surface area contributed by atoms with Crippen LogP contribution >= 0.6 is 15.9 Å². The van der Waals surface area contributed by atoms with Crippen LogP contribution in [-0.2, 0) is 6.54 Å². The standard InChI is InChI=1S/C16H15BrN2O/c1-11-5-12(9-18)3-4-13(11)10-19-15-6-14(17)7-16(8-15)20-2/h3-8,19H,10H2,1-2H3. The summed E-state index contributed by atoms with van der Waals surface area (Å²) < 4.78 is 6.20. The maximum atomic E-state index is 8.86. The Hall–Kier alpha value is -1.99. The molecule has 0 saturated heterocycles. The van der Waals surface area contributed by atoms with Crippen molar-refractivity contribution >= 4 is 21.6 Å². The largest absolute Gasteiger partial charge is 0.497 e. The van der Waals surface area contributed by atoms with E-state index in [1.165, 1.54) is 5.56 Å². The van der Waals surface area contributed by atoms with Crippen LogP contribution in [0.2, 0.25) is 0 Å². The van der Waals surface area contributed by atoms with Crippen molar-refractivity contribution in [2.45, 2.75) is 13.5 Å². The van der Waals surface area contributed by atoms with Gasteiger partial charge < -0.3 is 10.1 Å². The van der Waals surface area contributed by atoms with Crippen LogP contribution in [0.4, 0.5) is 5.69 Å². The molecular weight excluding hydrogens is 316 g/mol. The third-order valence-corrected chi connectivity index (χ3v) is 3.52. The van der Waals surface area contributed by atoms with Gasteiger partial charge in [-0.2, -0.15) is 5.26 Å². The van der Waals surface area contributed by atoms with Crippen LogP contribution in [0.15, 0.2) is 40.9 Å². The third kappa shape index (κ3) is 3.52. The molecule has 1 N–H and O–H groups in total. The van der Waals surface area contributed by atoms with Crippen LogP contribution in [0, 0.1) is 18.3 Å². The number of nitriles is 1. The number of hydrogen-bond donors (Lipinski definition) is 1. The molecule has 0 bridgehead atoms. The molecule has 0 aliphatic rings. The van der Waals surface area contributed by atoms with E-state index in [1.54, 1.807) is 7.11 Å². The van der Waals surface area contributed by atoms with Crippen molar-refractivity contribution in [2.75, 3.05) is 12.4 Å². The normalized spacial score (nSPS) is 9.90. The average molecular weight is 331 g/mol. The van der Waals surface area contributed by atoms with E-state index in [9.17, 15) is 0 Å². The van der Waals surface area contributed by atoms with E-state index < -0.39 is 0 Å². The summed E-state index contributed by atoms with van der Waals surface area (Å²) in [4.78, 5) is 0. The minimum absolute atomic E-state index is 0.690. The highest BCUT2D eigenvalue weighted by Gasteiger charge is 2.02. The lowest BCUT2D eigenvalue weighted by Gasteiger charge is -2.11. The molecule has 0 aromatic heterocycles. The zero-order valence-electron chi connectivity index (χ0n) is 11.4. The molecule has 2 aromatic carbocycles. The molecule has 0 atom stereocenters. The molecule has 4 heteroatoms. The quantitative estimate of drug-likeness (QED) is 0.911. The molecule has 0 aliphatic carbocycles. The van der Waals surface area contributed by atoms with Gasteiger partial charge in [0.25, 0.3) is 0 Å². The lowest BCUT2D eigenvalue weighted by molar-refractivity contribution is 0.414. The maximum Gasteiger partial charge on any atom is 0.122 e. The molecule has 0 saturated carbocycles. The van der Waals surface area contributed by atoms with Gasteiger partial charge in [-0.15, -0.1) is 0 Å². The van der Waals surface area contributed by atoms with Crippen LogP contribution in [0.3, 0.4) is 0 Å². The first-order valence-electron chi connectivity index (χ1n) is 6.20. The van der Waals surface area contributed by atoms with Crippen molar-refractivity contribution in [1.29, 1.82) is 5.26 Å². The Morgan fingerprint density at radius 2 is 2.05 bits per heavy atom. The lowest BCUT2D eigenvalue weighted by atomic mass is 10.1. The van der Waals surface area contributed by atoms with Crippen LogP contribution in [0.25, 0.3) is 0 Å². The van der Waals surface area contributed by atoms with E-state index in [4.69, 9.17) is 10.00 Å². The van der Waals surface area contributed by atoms with Gasteiger partial charge >= 0.3 is 0 Å². The predicted octanol–water partition coefficient (Wildman–Crippen LogP) is 4.25. The van der Waals surface area contributed by atoms with Crippen molar-refractivity contribution in [3.63, 3.8) is 0 Å². The summed E-state index contributed by atoms with van der Waals surface area (Å²) in [5.41, 5.74) is 3.96. The summed E-state index contributed by atoms with van der Waals surface area (Å²) in [6, 6.07) is 13.7. The number of nitrogens with zero attached hydrogens (tertiary/aromatic N) is 1. The maximum absolute atomic E-state index is 8.86. The smallest absolute Gasteiger partial charge is 0.122 e. The third-order valence-electron chi connectivity index (χ3n) is 3.06. The highest BCUT2D eigenvalue weighted by molar-refractivity contribution is 9.10. The molecule has 20 heavy (non-hydrogen) atoms. The Morgan fingerprint density at radius 1 is 1.25 bits per heavy atom. The van der Waals surface area contributed by atoms with Gasteiger partial charge in [0, 0.05) is 22.8 Å². The van der Waals surface area contributed by atoms with Gasteiger partial charge in [-0.25, -0.2) is 0 Å². The first-order valence-corrected chi connectivity index (χ1v) is 7.00. The minimum Gasteiger partial charge on any atom is -0.497 e. The number of halogens is 1. The van der Waals surface area contributed by atoms with Gasteiger partial charge in [0.05, 0.1) is 18.7 Å². The fraction of sp³-hybridized carbons (Fsp3) is 0.188. The highest BCUT2D eigenvalue weighted by Crippen LogP contribution is 2.25. The first kappa shape index (κ1) is 14.4. The van der Waals surface area contributed by atoms with Crippen LogP contribution in [0.5, 0.6) is 5.75 Å². The molecule has 0 aliphatic heterocycles. The van der Waals surface area contributed by atoms with Crippen LogP contribution in [0.1, 0.15) is 16.7 Å². The van der Waals surface area contributed by atoms with E-state index >= 15 is 0 Å². The molecular formula is C16H15BrN2O. The van der Waals surface area contributed by atoms with Crippen molar-refractivity contribution in [2.24, 2.45) is 0 Å². The van der Waals surface area contributed by atoms with E-state index in [1.807, 2.05) is 43.3 Å². The molecule has 0 spiro atoms. The molecule has 102 valence electrons. The molecule has 0 amide bonds. The van der Waals surface area contributed by atoms with Gasteiger partial charge in [0.15, 0.2) is 0 Å². The van der Waals surface area contributed by atoms with Crippen molar-refractivity contribution in [3.05, 3.63) is 57.6 Å². The Morgan fingerprint density at radius 3 is 2.70 bits per heavy atom. The second kappa shape index (κ2) is 6.44. The number of rotatable bonds is 4. The van der Waals surface area contributed by atoms with E-state index in [2.05, 4.69) is 27.3 Å². The Kier molecular flexibility index (Phi) is 4.65. The number of benzene rings is 2. The van der Waals surface area contributed by atoms with E-state index in [-0.39, 0.29) is 0 Å². The van der Waals surface area contributed by atoms with E-state index in [0.29, 0.717) is 12.1 Å². The monoisotopic (exact) mass is 330 g/mol. The lowest BCUT2D eigenvalue weighted by Crippen LogP contribution is -2.02.